The molecular formula is C23H23ClN2O3. The van der Waals surface area contributed by atoms with Gasteiger partial charge in [-0.1, -0.05) is 28.9 Å². The summed E-state index contributed by atoms with van der Waals surface area (Å²) in [5.74, 6) is 1.88. The molecule has 0 N–H and O–H groups in total. The van der Waals surface area contributed by atoms with E-state index in [9.17, 15) is 4.79 Å². The van der Waals surface area contributed by atoms with Crippen molar-refractivity contribution in [1.82, 2.24) is 10.1 Å². The molecule has 1 aromatic heterocycles. The summed E-state index contributed by atoms with van der Waals surface area (Å²) in [4.78, 5) is 15.1. The number of likely N-dealkylation sites (tertiary alicyclic amines) is 1. The first kappa shape index (κ1) is 19.7. The van der Waals surface area contributed by atoms with Crippen molar-refractivity contribution in [3.8, 4) is 17.0 Å². The van der Waals surface area contributed by atoms with Gasteiger partial charge in [-0.3, -0.25) is 9.69 Å². The topological polar surface area (TPSA) is 55.6 Å². The molecule has 3 aromatic rings. The van der Waals surface area contributed by atoms with Crippen LogP contribution in [0.1, 0.15) is 29.0 Å². The van der Waals surface area contributed by atoms with Gasteiger partial charge in [-0.2, -0.15) is 0 Å². The Labute approximate surface area is 175 Å². The van der Waals surface area contributed by atoms with Crippen molar-refractivity contribution in [2.75, 3.05) is 20.2 Å². The van der Waals surface area contributed by atoms with E-state index in [1.54, 1.807) is 7.11 Å². The molecule has 0 amide bonds. The standard InChI is InChI=1S/C23H23ClN2O3/c1-28-20-8-4-17(5-9-20)23(27)18-10-12-26(13-11-18)15-21-14-22(25-29-21)16-2-6-19(24)7-3-16/h2-9,14,18H,10-13,15H2,1H3. The predicted octanol–water partition coefficient (Wildman–Crippen LogP) is 5.10. The van der Waals surface area contributed by atoms with Crippen molar-refractivity contribution >= 4 is 17.4 Å². The predicted molar refractivity (Wildman–Crippen MR) is 112 cm³/mol. The number of ketones is 1. The van der Waals surface area contributed by atoms with Crippen molar-refractivity contribution in [3.63, 3.8) is 0 Å². The molecule has 4 rings (SSSR count). The second-order valence-corrected chi connectivity index (χ2v) is 7.76. The zero-order valence-electron chi connectivity index (χ0n) is 16.3. The number of carbonyl (C=O) groups excluding carboxylic acids is 1. The fraction of sp³-hybridized carbons (Fsp3) is 0.304. The quantitative estimate of drug-likeness (QED) is 0.529. The fourth-order valence-corrected chi connectivity index (χ4v) is 3.83. The smallest absolute Gasteiger partial charge is 0.166 e. The Balaban J connectivity index is 1.32. The Morgan fingerprint density at radius 1 is 1.14 bits per heavy atom. The van der Waals surface area contributed by atoms with E-state index >= 15 is 0 Å². The van der Waals surface area contributed by atoms with Crippen LogP contribution in [-0.4, -0.2) is 36.0 Å². The first-order valence-electron chi connectivity index (χ1n) is 9.74. The summed E-state index contributed by atoms with van der Waals surface area (Å²) < 4.78 is 10.7. The summed E-state index contributed by atoms with van der Waals surface area (Å²) in [6.07, 6.45) is 1.70. The molecule has 0 spiro atoms. The highest BCUT2D eigenvalue weighted by Crippen LogP contribution is 2.26. The van der Waals surface area contributed by atoms with Crippen molar-refractivity contribution in [2.24, 2.45) is 5.92 Å². The van der Waals surface area contributed by atoms with Gasteiger partial charge in [-0.15, -0.1) is 0 Å². The monoisotopic (exact) mass is 410 g/mol. The number of Topliss-reactive ketones (excluding diaryl/α,β-unsaturated/α-hetero) is 1. The van der Waals surface area contributed by atoms with Gasteiger partial charge in [0.15, 0.2) is 11.5 Å². The highest BCUT2D eigenvalue weighted by atomic mass is 35.5. The van der Waals surface area contributed by atoms with Crippen molar-refractivity contribution in [3.05, 3.63) is 70.9 Å². The summed E-state index contributed by atoms with van der Waals surface area (Å²) in [5, 5.41) is 4.87. The minimum atomic E-state index is 0.0685. The molecule has 2 heterocycles. The lowest BCUT2D eigenvalue weighted by atomic mass is 9.89. The highest BCUT2D eigenvalue weighted by Gasteiger charge is 2.26. The van der Waals surface area contributed by atoms with E-state index in [0.717, 1.165) is 54.3 Å². The SMILES string of the molecule is COc1ccc(C(=O)C2CCN(Cc3cc(-c4ccc(Cl)cc4)no3)CC2)cc1. The molecule has 1 aliphatic rings. The van der Waals surface area contributed by atoms with Gasteiger partial charge in [0.2, 0.25) is 0 Å². The summed E-state index contributed by atoms with van der Waals surface area (Å²) in [5.41, 5.74) is 2.54. The van der Waals surface area contributed by atoms with E-state index in [4.69, 9.17) is 20.9 Å². The van der Waals surface area contributed by atoms with E-state index < -0.39 is 0 Å². The van der Waals surface area contributed by atoms with Crippen LogP contribution < -0.4 is 4.74 Å². The van der Waals surface area contributed by atoms with E-state index in [0.29, 0.717) is 11.6 Å². The number of benzene rings is 2. The second kappa shape index (κ2) is 8.80. The maximum atomic E-state index is 12.8. The van der Waals surface area contributed by atoms with E-state index in [1.165, 1.54) is 0 Å². The van der Waals surface area contributed by atoms with Gasteiger partial charge >= 0.3 is 0 Å². The number of halogens is 1. The van der Waals surface area contributed by atoms with Gasteiger partial charge < -0.3 is 9.26 Å². The molecule has 0 unspecified atom stereocenters. The molecule has 1 saturated heterocycles. The lowest BCUT2D eigenvalue weighted by Crippen LogP contribution is -2.35. The molecule has 6 heteroatoms. The van der Waals surface area contributed by atoms with E-state index in [1.807, 2.05) is 54.6 Å². The van der Waals surface area contributed by atoms with Crippen molar-refractivity contribution < 1.29 is 14.1 Å². The van der Waals surface area contributed by atoms with Crippen LogP contribution in [0.4, 0.5) is 0 Å². The molecule has 0 radical (unpaired) electrons. The van der Waals surface area contributed by atoms with Crippen LogP contribution in [-0.2, 0) is 6.54 Å². The zero-order chi connectivity index (χ0) is 20.2. The zero-order valence-corrected chi connectivity index (χ0v) is 17.1. The van der Waals surface area contributed by atoms with Crippen LogP contribution in [0.3, 0.4) is 0 Å². The molecule has 0 bridgehead atoms. The van der Waals surface area contributed by atoms with Gasteiger partial charge in [0, 0.05) is 28.1 Å². The Hall–Kier alpha value is -2.63. The van der Waals surface area contributed by atoms with Crippen LogP contribution in [0, 0.1) is 5.92 Å². The second-order valence-electron chi connectivity index (χ2n) is 7.33. The lowest BCUT2D eigenvalue weighted by Gasteiger charge is -2.30. The molecule has 5 nitrogen and oxygen atoms in total. The minimum Gasteiger partial charge on any atom is -0.497 e. The number of methoxy groups -OCH3 is 1. The van der Waals surface area contributed by atoms with Gasteiger partial charge in [0.25, 0.3) is 0 Å². The van der Waals surface area contributed by atoms with Crippen LogP contribution >= 0.6 is 11.6 Å². The van der Waals surface area contributed by atoms with Crippen LogP contribution in [0.2, 0.25) is 5.02 Å². The fourth-order valence-electron chi connectivity index (χ4n) is 3.71. The van der Waals surface area contributed by atoms with Gasteiger partial charge in [-0.05, 0) is 62.3 Å². The number of rotatable bonds is 6. The first-order valence-corrected chi connectivity index (χ1v) is 10.1. The number of hydrogen-bond donors (Lipinski definition) is 0. The highest BCUT2D eigenvalue weighted by molar-refractivity contribution is 6.30. The number of hydrogen-bond acceptors (Lipinski definition) is 5. The van der Waals surface area contributed by atoms with Gasteiger partial charge in [0.1, 0.15) is 11.4 Å². The number of nitrogens with zero attached hydrogens (tertiary/aromatic N) is 2. The van der Waals surface area contributed by atoms with Crippen LogP contribution in [0.25, 0.3) is 11.3 Å². The first-order chi connectivity index (χ1) is 14.1. The molecule has 0 atom stereocenters. The van der Waals surface area contributed by atoms with Gasteiger partial charge in [-0.25, -0.2) is 0 Å². The Bertz CT molecular complexity index is 959. The molecule has 0 saturated carbocycles. The Morgan fingerprint density at radius 2 is 1.83 bits per heavy atom. The molecule has 29 heavy (non-hydrogen) atoms. The third kappa shape index (κ3) is 4.69. The average Bonchev–Trinajstić information content (AvgIpc) is 3.23. The average molecular weight is 411 g/mol. The number of ether oxygens (including phenoxy) is 1. The Morgan fingerprint density at radius 3 is 2.48 bits per heavy atom. The maximum absolute atomic E-state index is 12.8. The number of carbonyl (C=O) groups is 1. The van der Waals surface area contributed by atoms with Crippen molar-refractivity contribution in [2.45, 2.75) is 19.4 Å². The normalized spacial score (nSPS) is 15.4. The van der Waals surface area contributed by atoms with Crippen LogP contribution in [0.15, 0.2) is 59.1 Å². The lowest BCUT2D eigenvalue weighted by molar-refractivity contribution is 0.0827. The van der Waals surface area contributed by atoms with Crippen LogP contribution in [0.5, 0.6) is 5.75 Å². The molecule has 150 valence electrons. The van der Waals surface area contributed by atoms with Crippen molar-refractivity contribution in [1.29, 1.82) is 0 Å². The summed E-state index contributed by atoms with van der Waals surface area (Å²) in [7, 11) is 1.62. The number of piperidine rings is 1. The molecule has 2 aromatic carbocycles. The largest absolute Gasteiger partial charge is 0.497 e. The maximum Gasteiger partial charge on any atom is 0.166 e. The molecule has 0 aliphatic carbocycles. The summed E-state index contributed by atoms with van der Waals surface area (Å²) >= 11 is 5.94. The van der Waals surface area contributed by atoms with E-state index in [-0.39, 0.29) is 11.7 Å². The minimum absolute atomic E-state index is 0.0685. The van der Waals surface area contributed by atoms with E-state index in [2.05, 4.69) is 10.1 Å². The third-order valence-electron chi connectivity index (χ3n) is 5.41. The molecular weight excluding hydrogens is 388 g/mol. The number of aromatic nitrogens is 1. The molecule has 1 fully saturated rings. The Kier molecular flexibility index (Phi) is 5.97. The molecule has 1 aliphatic heterocycles. The third-order valence-corrected chi connectivity index (χ3v) is 5.66. The van der Waals surface area contributed by atoms with Gasteiger partial charge in [0.05, 0.1) is 13.7 Å². The summed E-state index contributed by atoms with van der Waals surface area (Å²) in [6, 6.07) is 16.9. The summed E-state index contributed by atoms with van der Waals surface area (Å²) in [6.45, 7) is 2.43.